The first kappa shape index (κ1) is 8.98. The predicted octanol–water partition coefficient (Wildman–Crippen LogP) is -0.0810. The highest BCUT2D eigenvalue weighted by Gasteiger charge is 2.14. The fraction of sp³-hybridized carbons (Fsp3) is 1.00. The van der Waals surface area contributed by atoms with Crippen LogP contribution in [0.4, 0.5) is 0 Å². The van der Waals surface area contributed by atoms with E-state index >= 15 is 0 Å². The molecule has 0 rings (SSSR count). The standard InChI is InChI=1S/C6H14BNO/c1-4(3-8)6(7)5(2)9/h4-6,9H,3,8H2,1-2H3. The molecule has 0 aliphatic carbocycles. The second kappa shape index (κ2) is 3.91. The first-order valence-electron chi connectivity index (χ1n) is 3.23. The van der Waals surface area contributed by atoms with Crippen molar-refractivity contribution in [3.05, 3.63) is 0 Å². The molecule has 52 valence electrons. The third-order valence-electron chi connectivity index (χ3n) is 1.59. The van der Waals surface area contributed by atoms with Crippen molar-refractivity contribution in [2.75, 3.05) is 6.54 Å². The van der Waals surface area contributed by atoms with Crippen molar-refractivity contribution in [3.63, 3.8) is 0 Å². The number of aliphatic hydroxyl groups excluding tert-OH is 1. The minimum absolute atomic E-state index is 0.185. The molecule has 0 aliphatic rings. The van der Waals surface area contributed by atoms with E-state index in [9.17, 15) is 0 Å². The summed E-state index contributed by atoms with van der Waals surface area (Å²) in [4.78, 5) is 0. The third-order valence-corrected chi connectivity index (χ3v) is 1.59. The smallest absolute Gasteiger partial charge is 0.0738 e. The molecule has 9 heavy (non-hydrogen) atoms. The molecule has 0 saturated heterocycles. The van der Waals surface area contributed by atoms with Gasteiger partial charge in [0.2, 0.25) is 0 Å². The monoisotopic (exact) mass is 127 g/mol. The van der Waals surface area contributed by atoms with Gasteiger partial charge in [-0.25, -0.2) is 0 Å². The van der Waals surface area contributed by atoms with Crippen LogP contribution in [0.5, 0.6) is 0 Å². The molecular formula is C6H14BNO. The van der Waals surface area contributed by atoms with Crippen molar-refractivity contribution >= 4 is 7.85 Å². The summed E-state index contributed by atoms with van der Waals surface area (Å²) < 4.78 is 0. The first-order chi connectivity index (χ1) is 4.09. The lowest BCUT2D eigenvalue weighted by atomic mass is 9.74. The van der Waals surface area contributed by atoms with Gasteiger partial charge in [0.1, 0.15) is 0 Å². The molecule has 0 bridgehead atoms. The van der Waals surface area contributed by atoms with E-state index < -0.39 is 6.10 Å². The van der Waals surface area contributed by atoms with Gasteiger partial charge in [0.05, 0.1) is 7.85 Å². The summed E-state index contributed by atoms with van der Waals surface area (Å²) in [6.07, 6.45) is -0.455. The molecule has 0 saturated carbocycles. The number of rotatable bonds is 3. The Morgan fingerprint density at radius 3 is 2.11 bits per heavy atom. The Hall–Kier alpha value is -0.0151. The van der Waals surface area contributed by atoms with E-state index in [1.165, 1.54) is 0 Å². The van der Waals surface area contributed by atoms with Crippen molar-refractivity contribution in [1.82, 2.24) is 0 Å². The summed E-state index contributed by atoms with van der Waals surface area (Å²) in [5.74, 6) is 0.0139. The quantitative estimate of drug-likeness (QED) is 0.520. The molecule has 0 aliphatic heterocycles. The van der Waals surface area contributed by atoms with Crippen LogP contribution in [-0.2, 0) is 0 Å². The second-order valence-electron chi connectivity index (χ2n) is 2.53. The lowest BCUT2D eigenvalue weighted by Crippen LogP contribution is -2.24. The van der Waals surface area contributed by atoms with Crippen LogP contribution in [0.25, 0.3) is 0 Å². The van der Waals surface area contributed by atoms with Crippen LogP contribution in [0.1, 0.15) is 13.8 Å². The van der Waals surface area contributed by atoms with Crippen molar-refractivity contribution in [2.45, 2.75) is 25.8 Å². The summed E-state index contributed by atoms with van der Waals surface area (Å²) >= 11 is 0. The summed E-state index contributed by atoms with van der Waals surface area (Å²) in [5, 5.41) is 8.94. The molecule has 0 aromatic heterocycles. The molecule has 3 heteroatoms. The normalized spacial score (nSPS) is 20.9. The molecule has 2 radical (unpaired) electrons. The van der Waals surface area contributed by atoms with Gasteiger partial charge >= 0.3 is 0 Å². The lowest BCUT2D eigenvalue weighted by Gasteiger charge is -2.20. The van der Waals surface area contributed by atoms with Gasteiger partial charge in [0.25, 0.3) is 0 Å². The van der Waals surface area contributed by atoms with E-state index in [-0.39, 0.29) is 11.7 Å². The molecule has 0 aromatic carbocycles. The highest BCUT2D eigenvalue weighted by molar-refractivity contribution is 6.12. The van der Waals surface area contributed by atoms with Crippen molar-refractivity contribution in [3.8, 4) is 0 Å². The molecular weight excluding hydrogens is 113 g/mol. The predicted molar refractivity (Wildman–Crippen MR) is 39.4 cm³/mol. The van der Waals surface area contributed by atoms with Crippen molar-refractivity contribution < 1.29 is 5.11 Å². The summed E-state index contributed by atoms with van der Waals surface area (Å²) in [6.45, 7) is 4.14. The van der Waals surface area contributed by atoms with Gasteiger partial charge in [-0.15, -0.1) is 0 Å². The number of hydrogen-bond donors (Lipinski definition) is 2. The minimum Gasteiger partial charge on any atom is -0.394 e. The van der Waals surface area contributed by atoms with E-state index in [2.05, 4.69) is 0 Å². The largest absolute Gasteiger partial charge is 0.394 e. The zero-order chi connectivity index (χ0) is 7.44. The van der Waals surface area contributed by atoms with Gasteiger partial charge in [0.15, 0.2) is 0 Å². The summed E-state index contributed by atoms with van der Waals surface area (Å²) in [6, 6.07) is 0. The second-order valence-corrected chi connectivity index (χ2v) is 2.53. The number of nitrogens with two attached hydrogens (primary N) is 1. The Labute approximate surface area is 57.8 Å². The highest BCUT2D eigenvalue weighted by atomic mass is 16.3. The average molecular weight is 127 g/mol. The molecule has 0 fully saturated rings. The molecule has 3 N–H and O–H groups in total. The lowest BCUT2D eigenvalue weighted by molar-refractivity contribution is 0.166. The van der Waals surface area contributed by atoms with Crippen LogP contribution < -0.4 is 5.73 Å². The van der Waals surface area contributed by atoms with Gasteiger partial charge in [-0.2, -0.15) is 0 Å². The Morgan fingerprint density at radius 2 is 2.00 bits per heavy atom. The van der Waals surface area contributed by atoms with Gasteiger partial charge in [0, 0.05) is 6.10 Å². The molecule has 0 amide bonds. The van der Waals surface area contributed by atoms with Gasteiger partial charge in [-0.3, -0.25) is 0 Å². The van der Waals surface area contributed by atoms with Crippen LogP contribution in [0.2, 0.25) is 5.82 Å². The van der Waals surface area contributed by atoms with Crippen LogP contribution in [0.3, 0.4) is 0 Å². The molecule has 0 spiro atoms. The molecule has 0 aromatic rings. The van der Waals surface area contributed by atoms with Crippen LogP contribution in [-0.4, -0.2) is 25.6 Å². The SMILES string of the molecule is [B]C(C(C)O)C(C)CN. The minimum atomic E-state index is -0.455. The van der Waals surface area contributed by atoms with E-state index in [0.717, 1.165) is 0 Å². The highest BCUT2D eigenvalue weighted by Crippen LogP contribution is 2.16. The third kappa shape index (κ3) is 2.87. The molecule has 3 unspecified atom stereocenters. The topological polar surface area (TPSA) is 46.2 Å². The number of aliphatic hydroxyl groups is 1. The van der Waals surface area contributed by atoms with Crippen LogP contribution in [0.15, 0.2) is 0 Å². The van der Waals surface area contributed by atoms with Crippen molar-refractivity contribution in [1.29, 1.82) is 0 Å². The Balaban J connectivity index is 3.58. The van der Waals surface area contributed by atoms with Crippen LogP contribution in [0, 0.1) is 5.92 Å². The Bertz CT molecular complexity index is 77.5. The Morgan fingerprint density at radius 1 is 1.56 bits per heavy atom. The molecule has 3 atom stereocenters. The fourth-order valence-corrected chi connectivity index (χ4v) is 0.633. The zero-order valence-corrected chi connectivity index (χ0v) is 6.04. The van der Waals surface area contributed by atoms with E-state index in [0.29, 0.717) is 6.54 Å². The first-order valence-corrected chi connectivity index (χ1v) is 3.23. The van der Waals surface area contributed by atoms with E-state index in [4.69, 9.17) is 18.7 Å². The van der Waals surface area contributed by atoms with Gasteiger partial charge in [-0.05, 0) is 25.2 Å². The maximum Gasteiger partial charge on any atom is 0.0738 e. The van der Waals surface area contributed by atoms with Crippen LogP contribution >= 0.6 is 0 Å². The zero-order valence-electron chi connectivity index (χ0n) is 6.04. The molecule has 0 heterocycles. The van der Waals surface area contributed by atoms with Crippen molar-refractivity contribution in [2.24, 2.45) is 11.7 Å². The van der Waals surface area contributed by atoms with E-state index in [1.54, 1.807) is 6.92 Å². The van der Waals surface area contributed by atoms with Gasteiger partial charge < -0.3 is 10.8 Å². The number of hydrogen-bond acceptors (Lipinski definition) is 2. The van der Waals surface area contributed by atoms with E-state index in [1.807, 2.05) is 6.92 Å². The maximum atomic E-state index is 8.94. The average Bonchev–Trinajstić information content (AvgIpc) is 1.84. The maximum absolute atomic E-state index is 8.94. The fourth-order valence-electron chi connectivity index (χ4n) is 0.633. The summed E-state index contributed by atoms with van der Waals surface area (Å²) in [5.41, 5.74) is 5.32. The summed E-state index contributed by atoms with van der Waals surface area (Å²) in [7, 11) is 5.54. The Kier molecular flexibility index (Phi) is 3.90. The molecule has 2 nitrogen and oxygen atoms in total. The van der Waals surface area contributed by atoms with Gasteiger partial charge in [-0.1, -0.05) is 6.92 Å².